The monoisotopic (exact) mass is 277 g/mol. The van der Waals surface area contributed by atoms with Crippen molar-refractivity contribution < 1.29 is 39.3 Å². The molecule has 0 aromatic heterocycles. The second kappa shape index (κ2) is 4.37. The molecule has 0 amide bonds. The molecule has 4 N–H and O–H groups in total. The number of hydrogen-bond acceptors (Lipinski definition) is 3. The Labute approximate surface area is 87.0 Å². The minimum Gasteiger partial charge on any atom is -0.344 e. The third kappa shape index (κ3) is 2.40. The fourth-order valence-electron chi connectivity index (χ4n) is 0.597. The lowest BCUT2D eigenvalue weighted by Gasteiger charge is -2.29. The second-order valence-corrected chi connectivity index (χ2v) is 4.09. The molecule has 0 bridgehead atoms. The summed E-state index contributed by atoms with van der Waals surface area (Å²) in [5, 5.41) is -6.24. The van der Waals surface area contributed by atoms with Crippen LogP contribution in [0.5, 0.6) is 0 Å². The van der Waals surface area contributed by atoms with Gasteiger partial charge in [0, 0.05) is 6.42 Å². The molecule has 0 radical (unpaired) electrons. The molecule has 0 aliphatic rings. The smallest absolute Gasteiger partial charge is 0.344 e. The molecule has 16 heavy (non-hydrogen) atoms. The highest BCUT2D eigenvalue weighted by atomic mass is 32.2. The van der Waals surface area contributed by atoms with E-state index in [1.165, 1.54) is 0 Å². The molecular formula is C5H9F6NO3S. The Kier molecular flexibility index (Phi) is 4.87. The molecule has 0 aliphatic carbocycles. The summed E-state index contributed by atoms with van der Waals surface area (Å²) in [5.41, 5.74) is 0. The van der Waals surface area contributed by atoms with Crippen LogP contribution in [-0.4, -0.2) is 30.1 Å². The van der Waals surface area contributed by atoms with Gasteiger partial charge < -0.3 is 6.15 Å². The normalized spacial score (nSPS) is 14.5. The highest BCUT2D eigenvalue weighted by molar-refractivity contribution is 7.87. The van der Waals surface area contributed by atoms with Crippen molar-refractivity contribution in [2.24, 2.45) is 0 Å². The van der Waals surface area contributed by atoms with Crippen LogP contribution in [0.25, 0.3) is 0 Å². The largest absolute Gasteiger partial charge is 0.437 e. The van der Waals surface area contributed by atoms with Gasteiger partial charge in [-0.15, -0.1) is 0 Å². The number of halogens is 6. The first-order valence-electron chi connectivity index (χ1n) is 3.41. The van der Waals surface area contributed by atoms with Crippen LogP contribution in [0, 0.1) is 0 Å². The quantitative estimate of drug-likeness (QED) is 0.609. The predicted octanol–water partition coefficient (Wildman–Crippen LogP) is 2.31. The van der Waals surface area contributed by atoms with E-state index in [-0.39, 0.29) is 6.15 Å². The van der Waals surface area contributed by atoms with E-state index in [1.807, 2.05) is 0 Å². The topological polar surface area (TPSA) is 89.4 Å². The lowest BCUT2D eigenvalue weighted by atomic mass is 10.1. The molecule has 0 aliphatic heterocycles. The summed E-state index contributed by atoms with van der Waals surface area (Å²) in [6.45, 7) is 0.466. The summed E-state index contributed by atoms with van der Waals surface area (Å²) in [6.07, 6.45) is -1.70. The van der Waals surface area contributed by atoms with E-state index in [9.17, 15) is 34.8 Å². The zero-order chi connectivity index (χ0) is 12.7. The maximum Gasteiger partial charge on any atom is 0.437 e. The predicted molar refractivity (Wildman–Crippen MR) is 41.7 cm³/mol. The van der Waals surface area contributed by atoms with Crippen molar-refractivity contribution in [1.29, 1.82) is 0 Å². The van der Waals surface area contributed by atoms with Crippen molar-refractivity contribution in [2.45, 2.75) is 30.4 Å². The van der Waals surface area contributed by atoms with Crippen LogP contribution in [-0.2, 0) is 10.1 Å². The van der Waals surface area contributed by atoms with Crippen LogP contribution in [0.2, 0.25) is 0 Å². The molecule has 0 heterocycles. The van der Waals surface area contributed by atoms with E-state index in [2.05, 4.69) is 0 Å². The number of rotatable bonds is 4. The maximum atomic E-state index is 12.4. The Morgan fingerprint density at radius 3 is 1.56 bits per heavy atom. The second-order valence-electron chi connectivity index (χ2n) is 2.62. The highest BCUT2D eigenvalue weighted by Gasteiger charge is 2.76. The number of alkyl halides is 6. The molecule has 100 valence electrons. The molecule has 0 spiro atoms. The van der Waals surface area contributed by atoms with Crippen LogP contribution in [0.1, 0.15) is 13.3 Å². The molecule has 0 atom stereocenters. The first-order valence-corrected chi connectivity index (χ1v) is 4.85. The summed E-state index contributed by atoms with van der Waals surface area (Å²) < 4.78 is 102. The zero-order valence-electron chi connectivity index (χ0n) is 7.85. The molecular weight excluding hydrogens is 268 g/mol. The maximum absolute atomic E-state index is 12.4. The van der Waals surface area contributed by atoms with Crippen molar-refractivity contribution in [3.05, 3.63) is 0 Å². The highest BCUT2D eigenvalue weighted by Crippen LogP contribution is 2.49. The molecule has 0 rings (SSSR count). The molecule has 0 aromatic carbocycles. The molecule has 0 saturated heterocycles. The van der Waals surface area contributed by atoms with Crippen LogP contribution >= 0.6 is 0 Å². The van der Waals surface area contributed by atoms with E-state index < -0.39 is 33.6 Å². The van der Waals surface area contributed by atoms with Crippen LogP contribution < -0.4 is 6.15 Å². The summed E-state index contributed by atoms with van der Waals surface area (Å²) in [7, 11) is -6.62. The molecule has 0 unspecified atom stereocenters. The number of hydrogen-bond donors (Lipinski definition) is 2. The van der Waals surface area contributed by atoms with Gasteiger partial charge in [-0.2, -0.15) is 34.8 Å². The first kappa shape index (κ1) is 17.8. The van der Waals surface area contributed by atoms with E-state index in [0.29, 0.717) is 6.92 Å². The fraction of sp³-hybridized carbons (Fsp3) is 1.00. The Morgan fingerprint density at radius 2 is 1.38 bits per heavy atom. The standard InChI is InChI=1S/C5H6F6O3S.H3N/c1-2-3(6,7)4(8,9)5(10,11)15(12,13)14;/h2H2,1H3,(H,12,13,14);1H3. The lowest BCUT2D eigenvalue weighted by molar-refractivity contribution is -0.281. The van der Waals surface area contributed by atoms with Crippen molar-refractivity contribution in [3.8, 4) is 0 Å². The molecule has 0 aromatic rings. The van der Waals surface area contributed by atoms with E-state index in [1.54, 1.807) is 0 Å². The average Bonchev–Trinajstić information content (AvgIpc) is 2.01. The van der Waals surface area contributed by atoms with Gasteiger partial charge in [-0.3, -0.25) is 4.55 Å². The Hall–Kier alpha value is -0.550. The minimum absolute atomic E-state index is 0. The van der Waals surface area contributed by atoms with Gasteiger partial charge in [0.15, 0.2) is 0 Å². The van der Waals surface area contributed by atoms with Gasteiger partial charge >= 0.3 is 27.2 Å². The fourth-order valence-corrected chi connectivity index (χ4v) is 1.07. The first-order chi connectivity index (χ1) is 6.31. The third-order valence-corrected chi connectivity index (χ3v) is 2.50. The van der Waals surface area contributed by atoms with Gasteiger partial charge in [0.25, 0.3) is 0 Å². The SMILES string of the molecule is CCC(F)(F)C(F)(F)C(F)(F)S(=O)(=O)O.N. The third-order valence-electron chi connectivity index (χ3n) is 1.59. The van der Waals surface area contributed by atoms with Crippen molar-refractivity contribution in [3.63, 3.8) is 0 Å². The van der Waals surface area contributed by atoms with Gasteiger partial charge in [0.05, 0.1) is 0 Å². The summed E-state index contributed by atoms with van der Waals surface area (Å²) in [6, 6.07) is 0. The molecule has 0 saturated carbocycles. The van der Waals surface area contributed by atoms with Gasteiger partial charge in [0.2, 0.25) is 0 Å². The minimum atomic E-state index is -6.62. The van der Waals surface area contributed by atoms with Crippen molar-refractivity contribution in [1.82, 2.24) is 6.15 Å². The van der Waals surface area contributed by atoms with Gasteiger partial charge in [-0.1, -0.05) is 6.92 Å². The van der Waals surface area contributed by atoms with Crippen molar-refractivity contribution >= 4 is 10.1 Å². The Bertz CT molecular complexity index is 340. The van der Waals surface area contributed by atoms with Crippen molar-refractivity contribution in [2.75, 3.05) is 0 Å². The van der Waals surface area contributed by atoms with E-state index >= 15 is 0 Å². The zero-order valence-corrected chi connectivity index (χ0v) is 8.67. The van der Waals surface area contributed by atoms with Crippen LogP contribution in [0.3, 0.4) is 0 Å². The Morgan fingerprint density at radius 1 is 1.06 bits per heavy atom. The molecule has 4 nitrogen and oxygen atoms in total. The van der Waals surface area contributed by atoms with E-state index in [4.69, 9.17) is 4.55 Å². The van der Waals surface area contributed by atoms with Gasteiger partial charge in [-0.25, -0.2) is 0 Å². The Balaban J connectivity index is 0. The lowest BCUT2D eigenvalue weighted by Crippen LogP contribution is -2.57. The summed E-state index contributed by atoms with van der Waals surface area (Å²) >= 11 is 0. The summed E-state index contributed by atoms with van der Waals surface area (Å²) in [5.74, 6) is -11.4. The van der Waals surface area contributed by atoms with Gasteiger partial charge in [0.1, 0.15) is 0 Å². The van der Waals surface area contributed by atoms with Crippen LogP contribution in [0.15, 0.2) is 0 Å². The summed E-state index contributed by atoms with van der Waals surface area (Å²) in [4.78, 5) is 0. The van der Waals surface area contributed by atoms with Crippen LogP contribution in [0.4, 0.5) is 26.3 Å². The van der Waals surface area contributed by atoms with E-state index in [0.717, 1.165) is 0 Å². The average molecular weight is 277 g/mol. The van der Waals surface area contributed by atoms with Gasteiger partial charge in [-0.05, 0) is 0 Å². The molecule has 0 fully saturated rings. The molecule has 11 heteroatoms.